The van der Waals surface area contributed by atoms with E-state index in [1.165, 1.54) is 17.5 Å². The van der Waals surface area contributed by atoms with E-state index >= 15 is 0 Å². The molecule has 102 valence electrons. The van der Waals surface area contributed by atoms with Crippen molar-refractivity contribution in [2.24, 2.45) is 0 Å². The fraction of sp³-hybridized carbons (Fsp3) is 0.412. The Labute approximate surface area is 115 Å². The maximum Gasteiger partial charge on any atom is 0.117 e. The lowest BCUT2D eigenvalue weighted by atomic mass is 10.0. The Bertz CT molecular complexity index is 498. The van der Waals surface area contributed by atoms with Crippen LogP contribution in [0.2, 0.25) is 0 Å². The van der Waals surface area contributed by atoms with Crippen LogP contribution in [0.15, 0.2) is 40.8 Å². The third kappa shape index (κ3) is 3.97. The molecule has 1 heterocycles. The molecule has 19 heavy (non-hydrogen) atoms. The Kier molecular flexibility index (Phi) is 4.80. The van der Waals surface area contributed by atoms with Crippen LogP contribution >= 0.6 is 0 Å². The van der Waals surface area contributed by atoms with Gasteiger partial charge in [0.2, 0.25) is 0 Å². The normalized spacial score (nSPS) is 12.6. The molecule has 0 saturated carbocycles. The van der Waals surface area contributed by atoms with Crippen LogP contribution in [0, 0.1) is 6.92 Å². The molecular weight excluding hydrogens is 234 g/mol. The second-order valence-electron chi connectivity index (χ2n) is 5.11. The van der Waals surface area contributed by atoms with Crippen LogP contribution in [-0.2, 0) is 13.0 Å². The summed E-state index contributed by atoms with van der Waals surface area (Å²) in [5.74, 6) is 1.96. The van der Waals surface area contributed by atoms with Gasteiger partial charge in [-0.25, -0.2) is 0 Å². The first-order valence-electron chi connectivity index (χ1n) is 7.06. The summed E-state index contributed by atoms with van der Waals surface area (Å²) in [4.78, 5) is 0. The second-order valence-corrected chi connectivity index (χ2v) is 5.11. The molecule has 1 aromatic carbocycles. The van der Waals surface area contributed by atoms with Crippen molar-refractivity contribution in [1.29, 1.82) is 0 Å². The van der Waals surface area contributed by atoms with E-state index in [1.54, 1.807) is 0 Å². The largest absolute Gasteiger partial charge is 0.465 e. The predicted molar refractivity (Wildman–Crippen MR) is 79.1 cm³/mol. The summed E-state index contributed by atoms with van der Waals surface area (Å²) in [5, 5.41) is 3.49. The molecule has 0 aliphatic heterocycles. The van der Waals surface area contributed by atoms with Gasteiger partial charge in [0.25, 0.3) is 0 Å². The van der Waals surface area contributed by atoms with Gasteiger partial charge in [-0.2, -0.15) is 0 Å². The van der Waals surface area contributed by atoms with Crippen LogP contribution < -0.4 is 5.32 Å². The molecule has 2 heteroatoms. The topological polar surface area (TPSA) is 25.2 Å². The summed E-state index contributed by atoms with van der Waals surface area (Å²) in [6.07, 6.45) is 2.36. The van der Waals surface area contributed by atoms with Gasteiger partial charge in [0, 0.05) is 6.04 Å². The van der Waals surface area contributed by atoms with Gasteiger partial charge in [-0.05, 0) is 43.5 Å². The van der Waals surface area contributed by atoms with Crippen molar-refractivity contribution in [1.82, 2.24) is 5.32 Å². The van der Waals surface area contributed by atoms with Crippen LogP contribution in [0.1, 0.15) is 49.0 Å². The number of hydrogen-bond acceptors (Lipinski definition) is 2. The summed E-state index contributed by atoms with van der Waals surface area (Å²) in [5.41, 5.74) is 2.74. The number of nitrogens with one attached hydrogen (secondary N) is 1. The zero-order valence-corrected chi connectivity index (χ0v) is 12.1. The highest BCUT2D eigenvalue weighted by atomic mass is 16.3. The fourth-order valence-corrected chi connectivity index (χ4v) is 2.21. The Hall–Kier alpha value is -1.54. The van der Waals surface area contributed by atoms with E-state index in [9.17, 15) is 0 Å². The minimum Gasteiger partial charge on any atom is -0.465 e. The molecule has 2 rings (SSSR count). The number of hydrogen-bond donors (Lipinski definition) is 1. The first-order chi connectivity index (χ1) is 9.19. The fourth-order valence-electron chi connectivity index (χ4n) is 2.21. The lowest BCUT2D eigenvalue weighted by Gasteiger charge is -2.14. The van der Waals surface area contributed by atoms with Crippen molar-refractivity contribution in [3.05, 3.63) is 59.0 Å². The van der Waals surface area contributed by atoms with Gasteiger partial charge >= 0.3 is 0 Å². The molecule has 0 fully saturated rings. The van der Waals surface area contributed by atoms with Crippen molar-refractivity contribution < 1.29 is 4.42 Å². The Morgan fingerprint density at radius 3 is 2.42 bits per heavy atom. The second kappa shape index (κ2) is 6.58. The van der Waals surface area contributed by atoms with E-state index in [-0.39, 0.29) is 0 Å². The maximum absolute atomic E-state index is 5.56. The minimum absolute atomic E-state index is 0.334. The van der Waals surface area contributed by atoms with Crippen LogP contribution in [0.5, 0.6) is 0 Å². The van der Waals surface area contributed by atoms with Gasteiger partial charge in [-0.1, -0.05) is 37.6 Å². The molecule has 0 bridgehead atoms. The highest BCUT2D eigenvalue weighted by Gasteiger charge is 2.06. The van der Waals surface area contributed by atoms with Crippen molar-refractivity contribution in [3.8, 4) is 0 Å². The maximum atomic E-state index is 5.56. The van der Waals surface area contributed by atoms with E-state index in [2.05, 4.69) is 43.4 Å². The highest BCUT2D eigenvalue weighted by Crippen LogP contribution is 2.15. The summed E-state index contributed by atoms with van der Waals surface area (Å²) >= 11 is 0. The van der Waals surface area contributed by atoms with Crippen molar-refractivity contribution >= 4 is 0 Å². The zero-order chi connectivity index (χ0) is 13.7. The SMILES string of the molecule is CCCc1ccc(C(C)NCc2ccc(C)o2)cc1. The van der Waals surface area contributed by atoms with Gasteiger partial charge in [0.15, 0.2) is 0 Å². The number of aryl methyl sites for hydroxylation is 2. The number of benzene rings is 1. The molecule has 1 aromatic heterocycles. The molecule has 0 spiro atoms. The van der Waals surface area contributed by atoms with E-state index in [0.29, 0.717) is 6.04 Å². The summed E-state index contributed by atoms with van der Waals surface area (Å²) in [6.45, 7) is 7.14. The molecule has 1 atom stereocenters. The average Bonchev–Trinajstić information content (AvgIpc) is 2.83. The molecule has 1 N–H and O–H groups in total. The molecule has 2 nitrogen and oxygen atoms in total. The molecule has 0 aliphatic rings. The predicted octanol–water partition coefficient (Wildman–Crippen LogP) is 4.39. The van der Waals surface area contributed by atoms with E-state index in [1.807, 2.05) is 19.1 Å². The third-order valence-electron chi connectivity index (χ3n) is 3.40. The molecule has 0 saturated heterocycles. The molecule has 0 amide bonds. The van der Waals surface area contributed by atoms with Crippen molar-refractivity contribution in [2.45, 2.75) is 46.2 Å². The first kappa shape index (κ1) is 13.9. The number of rotatable bonds is 6. The molecule has 1 unspecified atom stereocenters. The van der Waals surface area contributed by atoms with Crippen molar-refractivity contribution in [3.63, 3.8) is 0 Å². The molecule has 2 aromatic rings. The van der Waals surface area contributed by atoms with Crippen LogP contribution in [0.3, 0.4) is 0 Å². The Balaban J connectivity index is 1.90. The first-order valence-corrected chi connectivity index (χ1v) is 7.06. The quantitative estimate of drug-likeness (QED) is 0.830. The Morgan fingerprint density at radius 1 is 1.11 bits per heavy atom. The number of furan rings is 1. The molecular formula is C17H23NO. The monoisotopic (exact) mass is 257 g/mol. The van der Waals surface area contributed by atoms with Crippen LogP contribution in [0.25, 0.3) is 0 Å². The minimum atomic E-state index is 0.334. The standard InChI is InChI=1S/C17H23NO/c1-4-5-15-7-9-16(10-8-15)14(3)18-12-17-11-6-13(2)19-17/h6-11,14,18H,4-5,12H2,1-3H3. The Morgan fingerprint density at radius 2 is 1.84 bits per heavy atom. The molecule has 0 aliphatic carbocycles. The zero-order valence-electron chi connectivity index (χ0n) is 12.1. The summed E-state index contributed by atoms with van der Waals surface area (Å²) in [7, 11) is 0. The van der Waals surface area contributed by atoms with E-state index < -0.39 is 0 Å². The highest BCUT2D eigenvalue weighted by molar-refractivity contribution is 5.24. The van der Waals surface area contributed by atoms with Crippen LogP contribution in [-0.4, -0.2) is 0 Å². The lowest BCUT2D eigenvalue weighted by Crippen LogP contribution is -2.17. The smallest absolute Gasteiger partial charge is 0.117 e. The van der Waals surface area contributed by atoms with Gasteiger partial charge in [-0.3, -0.25) is 0 Å². The van der Waals surface area contributed by atoms with E-state index in [0.717, 1.165) is 24.5 Å². The lowest BCUT2D eigenvalue weighted by molar-refractivity contribution is 0.444. The van der Waals surface area contributed by atoms with Crippen LogP contribution in [0.4, 0.5) is 0 Å². The van der Waals surface area contributed by atoms with Gasteiger partial charge in [0.05, 0.1) is 6.54 Å². The van der Waals surface area contributed by atoms with Crippen molar-refractivity contribution in [2.75, 3.05) is 0 Å². The third-order valence-corrected chi connectivity index (χ3v) is 3.40. The van der Waals surface area contributed by atoms with Gasteiger partial charge < -0.3 is 9.73 Å². The van der Waals surface area contributed by atoms with Gasteiger partial charge in [0.1, 0.15) is 11.5 Å². The molecule has 0 radical (unpaired) electrons. The van der Waals surface area contributed by atoms with Gasteiger partial charge in [-0.15, -0.1) is 0 Å². The van der Waals surface area contributed by atoms with E-state index in [4.69, 9.17) is 4.42 Å². The average molecular weight is 257 g/mol. The summed E-state index contributed by atoms with van der Waals surface area (Å²) in [6, 6.07) is 13.3. The summed E-state index contributed by atoms with van der Waals surface area (Å²) < 4.78 is 5.56.